The predicted molar refractivity (Wildman–Crippen MR) is 119 cm³/mol. The van der Waals surface area contributed by atoms with E-state index in [1.165, 1.54) is 18.2 Å². The number of fused-ring (bicyclic) bond motifs is 2. The highest BCUT2D eigenvalue weighted by Gasteiger charge is 2.57. The number of rotatable bonds is 6. The van der Waals surface area contributed by atoms with Gasteiger partial charge in [-0.3, -0.25) is 14.4 Å². The molecule has 0 bridgehead atoms. The molecule has 0 radical (unpaired) electrons. The van der Waals surface area contributed by atoms with Gasteiger partial charge in [0.25, 0.3) is 0 Å². The lowest BCUT2D eigenvalue weighted by Crippen LogP contribution is -2.59. The molecule has 2 aliphatic carbocycles. The highest BCUT2D eigenvalue weighted by atomic mass is 19.2. The third-order valence-corrected chi connectivity index (χ3v) is 6.86. The predicted octanol–water partition coefficient (Wildman–Crippen LogP) is 1.93. The lowest BCUT2D eigenvalue weighted by atomic mass is 9.61. The fraction of sp³-hybridized carbons (Fsp3) is 0.320. The molecule has 0 aliphatic heterocycles. The van der Waals surface area contributed by atoms with Crippen LogP contribution in [-0.2, 0) is 20.8 Å². The smallest absolute Gasteiger partial charge is 0.225 e. The van der Waals surface area contributed by atoms with Gasteiger partial charge < -0.3 is 26.2 Å². The molecule has 2 aromatic rings. The van der Waals surface area contributed by atoms with E-state index in [9.17, 15) is 43.6 Å². The molecule has 1 fully saturated rings. The van der Waals surface area contributed by atoms with E-state index in [1.807, 2.05) is 0 Å². The van der Waals surface area contributed by atoms with Gasteiger partial charge in [0.2, 0.25) is 11.7 Å². The Morgan fingerprint density at radius 1 is 1.11 bits per heavy atom. The van der Waals surface area contributed by atoms with Crippen molar-refractivity contribution in [2.75, 3.05) is 6.61 Å². The van der Waals surface area contributed by atoms with Crippen LogP contribution in [0.15, 0.2) is 35.9 Å². The summed E-state index contributed by atoms with van der Waals surface area (Å²) in [7, 11) is 0. The van der Waals surface area contributed by atoms with Gasteiger partial charge in [0.05, 0.1) is 12.0 Å². The number of phenols is 1. The van der Waals surface area contributed by atoms with Crippen molar-refractivity contribution in [3.8, 4) is 16.9 Å². The van der Waals surface area contributed by atoms with Crippen LogP contribution in [0.25, 0.3) is 16.9 Å². The Labute approximate surface area is 198 Å². The van der Waals surface area contributed by atoms with Crippen LogP contribution in [0.3, 0.4) is 0 Å². The van der Waals surface area contributed by atoms with Crippen LogP contribution < -0.4 is 5.73 Å². The Balaban J connectivity index is 1.89. The average Bonchev–Trinajstić information content (AvgIpc) is 2.79. The van der Waals surface area contributed by atoms with Crippen LogP contribution >= 0.6 is 0 Å². The zero-order valence-electron chi connectivity index (χ0n) is 18.4. The summed E-state index contributed by atoms with van der Waals surface area (Å²) in [5, 5.41) is 42.3. The average molecular weight is 487 g/mol. The fourth-order valence-corrected chi connectivity index (χ4v) is 5.25. The maximum atomic E-state index is 13.9. The molecule has 0 aromatic heterocycles. The minimum absolute atomic E-state index is 0.0149. The van der Waals surface area contributed by atoms with E-state index >= 15 is 0 Å². The summed E-state index contributed by atoms with van der Waals surface area (Å²) in [6, 6.07) is 5.95. The molecule has 10 heteroatoms. The van der Waals surface area contributed by atoms with Gasteiger partial charge in [0, 0.05) is 18.1 Å². The first kappa shape index (κ1) is 24.5. The molecule has 0 saturated heterocycles. The molecule has 1 amide bonds. The first-order chi connectivity index (χ1) is 16.5. The Bertz CT molecular complexity index is 1290. The van der Waals surface area contributed by atoms with Crippen molar-refractivity contribution in [1.82, 2.24) is 0 Å². The van der Waals surface area contributed by atoms with Gasteiger partial charge in [-0.15, -0.1) is 0 Å². The second-order valence-electron chi connectivity index (χ2n) is 8.88. The topological polar surface area (TPSA) is 158 Å². The van der Waals surface area contributed by atoms with Gasteiger partial charge in [-0.05, 0) is 60.1 Å². The number of phenolic OH excluding ortho intramolecular Hbond substituents is 1. The first-order valence-electron chi connectivity index (χ1n) is 10.9. The highest BCUT2D eigenvalue weighted by Crippen LogP contribution is 2.50. The summed E-state index contributed by atoms with van der Waals surface area (Å²) in [5.41, 5.74) is 3.01. The van der Waals surface area contributed by atoms with Crippen molar-refractivity contribution in [2.45, 2.75) is 31.3 Å². The highest BCUT2D eigenvalue weighted by molar-refractivity contribution is 6.23. The van der Waals surface area contributed by atoms with E-state index in [4.69, 9.17) is 5.73 Å². The van der Waals surface area contributed by atoms with Gasteiger partial charge in [-0.2, -0.15) is 0 Å². The maximum Gasteiger partial charge on any atom is 0.225 e. The number of halogens is 2. The minimum atomic E-state index is -2.69. The van der Waals surface area contributed by atoms with E-state index in [0.717, 1.165) is 12.1 Å². The molecular weight excluding hydrogens is 464 g/mol. The minimum Gasteiger partial charge on any atom is -0.507 e. The van der Waals surface area contributed by atoms with Crippen LogP contribution in [0.4, 0.5) is 8.78 Å². The summed E-state index contributed by atoms with van der Waals surface area (Å²) < 4.78 is 27.4. The third-order valence-electron chi connectivity index (χ3n) is 6.86. The molecule has 1 saturated carbocycles. The number of aliphatic hydroxyl groups is 3. The zero-order valence-corrected chi connectivity index (χ0v) is 18.4. The largest absolute Gasteiger partial charge is 0.507 e. The van der Waals surface area contributed by atoms with Gasteiger partial charge >= 0.3 is 0 Å². The van der Waals surface area contributed by atoms with E-state index in [2.05, 4.69) is 0 Å². The number of carbonyl (C=O) groups is 3. The molecule has 0 spiro atoms. The lowest BCUT2D eigenvalue weighted by molar-refractivity contribution is -0.159. The number of nitrogens with two attached hydrogens (primary N) is 1. The molecule has 2 aromatic carbocycles. The number of primary amides is 1. The number of hydrogen-bond donors (Lipinski definition) is 5. The van der Waals surface area contributed by atoms with Gasteiger partial charge in [0.1, 0.15) is 11.5 Å². The molecular formula is C25H23F2NO7. The van der Waals surface area contributed by atoms with Crippen molar-refractivity contribution in [3.05, 3.63) is 58.7 Å². The molecule has 184 valence electrons. The normalized spacial score (nSPS) is 23.6. The van der Waals surface area contributed by atoms with E-state index in [-0.39, 0.29) is 36.0 Å². The van der Waals surface area contributed by atoms with Gasteiger partial charge in [-0.1, -0.05) is 12.1 Å². The number of aromatic hydroxyl groups is 1. The SMILES string of the molecule is NC(=O)CC(=O)[C@@]1(O)C(=O)C2=C(O)c3c(O)ccc(-c4ccc(F)c(F)c4)c3C[C@H]2C[C@H]1CCO. The summed E-state index contributed by atoms with van der Waals surface area (Å²) in [6.07, 6.45) is -1.00. The Morgan fingerprint density at radius 3 is 2.46 bits per heavy atom. The summed E-state index contributed by atoms with van der Waals surface area (Å²) >= 11 is 0. The standard InChI is InChI=1S/C25H23F2NO7/c26-16-3-1-11(9-17(16)27)14-2-4-18(30)22-15(14)8-12-7-13(5-6-29)25(35,19(31)10-20(28)32)24(34)21(12)23(22)33/h1-4,9,12-13,29-30,33,35H,5-8,10H2,(H2,28,32)/t12-,13-,25-/m1/s1. The van der Waals surface area contributed by atoms with Crippen molar-refractivity contribution in [3.63, 3.8) is 0 Å². The Hall–Kier alpha value is -3.63. The molecule has 2 aliphatic rings. The van der Waals surface area contributed by atoms with E-state index < -0.39 is 71.1 Å². The number of hydrogen-bond acceptors (Lipinski definition) is 7. The number of aliphatic hydroxyl groups excluding tert-OH is 2. The monoisotopic (exact) mass is 487 g/mol. The van der Waals surface area contributed by atoms with E-state index in [1.54, 1.807) is 0 Å². The number of Topliss-reactive ketones (excluding diaryl/α,β-unsaturated/α-hetero) is 2. The quantitative estimate of drug-likeness (QED) is 0.390. The molecule has 35 heavy (non-hydrogen) atoms. The lowest BCUT2D eigenvalue weighted by Gasteiger charge is -2.43. The van der Waals surface area contributed by atoms with Crippen LogP contribution in [0, 0.1) is 23.5 Å². The van der Waals surface area contributed by atoms with Crippen LogP contribution in [0.5, 0.6) is 5.75 Å². The Morgan fingerprint density at radius 2 is 1.83 bits per heavy atom. The molecule has 3 atom stereocenters. The zero-order chi connectivity index (χ0) is 25.7. The molecule has 0 unspecified atom stereocenters. The van der Waals surface area contributed by atoms with Crippen molar-refractivity contribution in [2.24, 2.45) is 17.6 Å². The van der Waals surface area contributed by atoms with Crippen molar-refractivity contribution in [1.29, 1.82) is 0 Å². The van der Waals surface area contributed by atoms with E-state index in [0.29, 0.717) is 11.1 Å². The van der Waals surface area contributed by atoms with Gasteiger partial charge in [-0.25, -0.2) is 8.78 Å². The second kappa shape index (κ2) is 8.86. The molecule has 6 N–H and O–H groups in total. The third kappa shape index (κ3) is 3.88. The van der Waals surface area contributed by atoms with Crippen LogP contribution in [-0.4, -0.2) is 50.1 Å². The number of amides is 1. The van der Waals surface area contributed by atoms with Crippen LogP contribution in [0.1, 0.15) is 30.4 Å². The molecule has 8 nitrogen and oxygen atoms in total. The molecule has 4 rings (SSSR count). The second-order valence-corrected chi connectivity index (χ2v) is 8.88. The number of ketones is 2. The summed E-state index contributed by atoms with van der Waals surface area (Å²) in [6.45, 7) is -0.459. The molecule has 0 heterocycles. The van der Waals surface area contributed by atoms with Crippen molar-refractivity contribution < 1.29 is 43.6 Å². The maximum absolute atomic E-state index is 13.9. The summed E-state index contributed by atoms with van der Waals surface area (Å²) in [5.74, 6) is -8.30. The first-order valence-corrected chi connectivity index (χ1v) is 10.9. The number of carbonyl (C=O) groups excluding carboxylic acids is 3. The summed E-state index contributed by atoms with van der Waals surface area (Å²) in [4.78, 5) is 37.5. The van der Waals surface area contributed by atoms with Crippen LogP contribution in [0.2, 0.25) is 0 Å². The van der Waals surface area contributed by atoms with Crippen molar-refractivity contribution >= 4 is 23.2 Å². The number of benzene rings is 2. The Kier molecular flexibility index (Phi) is 6.20. The van der Waals surface area contributed by atoms with Gasteiger partial charge in [0.15, 0.2) is 23.0 Å². The fourth-order valence-electron chi connectivity index (χ4n) is 5.25.